The van der Waals surface area contributed by atoms with Gasteiger partial charge in [0, 0.05) is 22.5 Å². The summed E-state index contributed by atoms with van der Waals surface area (Å²) >= 11 is 1.74. The van der Waals surface area contributed by atoms with Gasteiger partial charge >= 0.3 is 17.1 Å². The molecule has 1 fully saturated rings. The number of nitro groups is 2. The Kier molecular flexibility index (Phi) is 7.32. The monoisotopic (exact) mass is 483 g/mol. The van der Waals surface area contributed by atoms with E-state index >= 15 is 0 Å². The molecule has 0 aliphatic carbocycles. The number of hydrogen-bond donors (Lipinski definition) is 0. The van der Waals surface area contributed by atoms with E-state index in [-0.39, 0.29) is 15.4 Å². The third-order valence-electron chi connectivity index (χ3n) is 4.90. The standard InChI is InChI=1S/C15H21N3O9S3/c1-10-11(2)29(3,7-5-4-6-28-10)27-18(23)12-8-13(16(19)20)15(30(24,25)26)14(9-12)17(21)22/h8-11H,4-7H2,1-3H3. The highest BCUT2D eigenvalue weighted by Crippen LogP contribution is 2.55. The van der Waals surface area contributed by atoms with Crippen LogP contribution in [0, 0.1) is 25.1 Å². The van der Waals surface area contributed by atoms with Crippen molar-refractivity contribution in [3.05, 3.63) is 37.3 Å². The molecule has 0 radical (unpaired) electrons. The Morgan fingerprint density at radius 3 is 2.10 bits per heavy atom. The molecule has 0 aromatic heterocycles. The Morgan fingerprint density at radius 2 is 1.63 bits per heavy atom. The molecular weight excluding hydrogens is 462 g/mol. The molecule has 1 heterocycles. The number of hydrogen-bond acceptors (Lipinski definition) is 10. The summed E-state index contributed by atoms with van der Waals surface area (Å²) in [5.41, 5.74) is -3.34. The third-order valence-corrected chi connectivity index (χ3v) is 11.0. The van der Waals surface area contributed by atoms with Crippen LogP contribution in [-0.4, -0.2) is 56.0 Å². The lowest BCUT2D eigenvalue weighted by Crippen LogP contribution is -2.31. The topological polar surface area (TPSA) is 173 Å². The molecule has 15 heteroatoms. The molecule has 0 spiro atoms. The Hall–Kier alpha value is -1.97. The molecule has 1 aromatic carbocycles. The third kappa shape index (κ3) is 5.19. The molecule has 30 heavy (non-hydrogen) atoms. The first-order valence-corrected chi connectivity index (χ1v) is 13.4. The highest BCUT2D eigenvalue weighted by atomic mass is 32.3. The predicted octanol–water partition coefficient (Wildman–Crippen LogP) is 3.40. The van der Waals surface area contributed by atoms with Gasteiger partial charge in [-0.1, -0.05) is 13.8 Å². The van der Waals surface area contributed by atoms with Crippen LogP contribution in [0.15, 0.2) is 17.0 Å². The molecule has 1 aliphatic rings. The summed E-state index contributed by atoms with van der Waals surface area (Å²) in [7, 11) is -7.56. The van der Waals surface area contributed by atoms with Gasteiger partial charge in [0.1, 0.15) is 22.3 Å². The van der Waals surface area contributed by atoms with Gasteiger partial charge in [-0.15, -0.1) is 0 Å². The first-order valence-electron chi connectivity index (χ1n) is 8.74. The lowest BCUT2D eigenvalue weighted by Gasteiger charge is -2.39. The van der Waals surface area contributed by atoms with Crippen LogP contribution in [0.3, 0.4) is 0 Å². The summed E-state index contributed by atoms with van der Waals surface area (Å²) in [6, 6.07) is 0.999. The van der Waals surface area contributed by atoms with Gasteiger partial charge in [0.25, 0.3) is 4.92 Å². The van der Waals surface area contributed by atoms with E-state index < -0.39 is 52.2 Å². The largest absolute Gasteiger partial charge is 0.744 e. The van der Waals surface area contributed by atoms with Gasteiger partial charge in [-0.05, 0) is 28.9 Å². The Balaban J connectivity index is 2.54. The first-order chi connectivity index (χ1) is 13.8. The second-order valence-electron chi connectivity index (χ2n) is 6.88. The van der Waals surface area contributed by atoms with E-state index in [2.05, 4.69) is 0 Å². The molecule has 0 bridgehead atoms. The zero-order valence-corrected chi connectivity index (χ0v) is 18.8. The molecule has 1 aliphatic heterocycles. The predicted molar refractivity (Wildman–Crippen MR) is 111 cm³/mol. The Morgan fingerprint density at radius 1 is 1.10 bits per heavy atom. The molecule has 3 atom stereocenters. The van der Waals surface area contributed by atoms with Crippen LogP contribution in [0.1, 0.15) is 26.7 Å². The maximum Gasteiger partial charge on any atom is 0.331 e. The van der Waals surface area contributed by atoms with Gasteiger partial charge in [0.15, 0.2) is 0 Å². The van der Waals surface area contributed by atoms with Crippen LogP contribution in [-0.2, 0) is 14.4 Å². The van der Waals surface area contributed by atoms with Crippen molar-refractivity contribution < 1.29 is 32.0 Å². The normalized spacial score (nSPS) is 27.2. The molecule has 0 N–H and O–H groups in total. The summed E-state index contributed by atoms with van der Waals surface area (Å²) in [5.74, 6) is 1.57. The SMILES string of the molecule is CC1SCCCCS(C)(O[N+](=O)c2cc([N+](=O)[O-])c(S(=O)(=O)[O-])c([N+](=O)[O-])c2)C1C. The van der Waals surface area contributed by atoms with E-state index in [1.54, 1.807) is 18.0 Å². The fraction of sp³-hybridized carbons (Fsp3) is 0.600. The molecule has 168 valence electrons. The van der Waals surface area contributed by atoms with Crippen molar-refractivity contribution >= 4 is 49.3 Å². The van der Waals surface area contributed by atoms with Gasteiger partial charge in [-0.2, -0.15) is 16.0 Å². The minimum atomic E-state index is -5.55. The summed E-state index contributed by atoms with van der Waals surface area (Å²) in [6.45, 7) is 3.94. The number of nitro benzene ring substituents is 2. The number of thioether (sulfide) groups is 1. The van der Waals surface area contributed by atoms with E-state index in [4.69, 9.17) is 4.28 Å². The van der Waals surface area contributed by atoms with Crippen molar-refractivity contribution in [1.82, 2.24) is 0 Å². The van der Waals surface area contributed by atoms with Gasteiger partial charge in [0.05, 0.1) is 14.8 Å². The van der Waals surface area contributed by atoms with Crippen molar-refractivity contribution in [2.45, 2.75) is 42.1 Å². The quantitative estimate of drug-likeness (QED) is 0.331. The van der Waals surface area contributed by atoms with Crippen LogP contribution in [0.4, 0.5) is 17.1 Å². The first kappa shape index (κ1) is 24.3. The van der Waals surface area contributed by atoms with Crippen molar-refractivity contribution in [3.63, 3.8) is 0 Å². The number of rotatable bonds is 6. The highest BCUT2D eigenvalue weighted by molar-refractivity contribution is 8.30. The summed E-state index contributed by atoms with van der Waals surface area (Å²) in [5, 5.41) is 22.7. The molecule has 0 amide bonds. The number of nitrogens with zero attached hydrogens (tertiary/aromatic N) is 3. The van der Waals surface area contributed by atoms with Gasteiger partial charge < -0.3 is 4.55 Å². The highest BCUT2D eigenvalue weighted by Gasteiger charge is 2.42. The van der Waals surface area contributed by atoms with Crippen molar-refractivity contribution in [1.29, 1.82) is 0 Å². The van der Waals surface area contributed by atoms with Crippen LogP contribution < -0.4 is 0 Å². The smallest absolute Gasteiger partial charge is 0.331 e. The van der Waals surface area contributed by atoms with E-state index in [9.17, 15) is 38.1 Å². The number of benzene rings is 1. The summed E-state index contributed by atoms with van der Waals surface area (Å²) in [4.78, 5) is 31.1. The molecule has 12 nitrogen and oxygen atoms in total. The molecule has 2 rings (SSSR count). The fourth-order valence-electron chi connectivity index (χ4n) is 3.01. The van der Waals surface area contributed by atoms with Gasteiger partial charge in [-0.3, -0.25) is 20.2 Å². The zero-order valence-electron chi connectivity index (χ0n) is 16.4. The fourth-order valence-corrected chi connectivity index (χ4v) is 8.31. The van der Waals surface area contributed by atoms with E-state index in [0.29, 0.717) is 17.9 Å². The molecule has 3 unspecified atom stereocenters. The van der Waals surface area contributed by atoms with Crippen molar-refractivity contribution in [2.75, 3.05) is 17.8 Å². The maximum absolute atomic E-state index is 12.7. The Bertz CT molecular complexity index is 950. The minimum Gasteiger partial charge on any atom is -0.744 e. The van der Waals surface area contributed by atoms with Crippen LogP contribution in [0.25, 0.3) is 0 Å². The van der Waals surface area contributed by atoms with Gasteiger partial charge in [-0.25, -0.2) is 8.42 Å². The van der Waals surface area contributed by atoms with E-state index in [1.165, 1.54) is 0 Å². The van der Waals surface area contributed by atoms with E-state index in [0.717, 1.165) is 18.6 Å². The summed E-state index contributed by atoms with van der Waals surface area (Å²) < 4.78 is 39.8. The molecule has 0 saturated carbocycles. The lowest BCUT2D eigenvalue weighted by atomic mass is 10.2. The maximum atomic E-state index is 12.7. The van der Waals surface area contributed by atoms with Gasteiger partial charge in [0.2, 0.25) is 4.90 Å². The molecule has 1 aromatic rings. The minimum absolute atomic E-state index is 0.0227. The zero-order chi connectivity index (χ0) is 22.9. The second-order valence-corrected chi connectivity index (χ2v) is 13.1. The van der Waals surface area contributed by atoms with E-state index in [1.807, 2.05) is 13.8 Å². The molecule has 1 saturated heterocycles. The summed E-state index contributed by atoms with van der Waals surface area (Å²) in [6.07, 6.45) is 3.53. The second kappa shape index (κ2) is 9.03. The molecular formula is C15H21N3O9S3. The van der Waals surface area contributed by atoms with Crippen molar-refractivity contribution in [2.24, 2.45) is 0 Å². The van der Waals surface area contributed by atoms with Crippen LogP contribution >= 0.6 is 22.1 Å². The average molecular weight is 484 g/mol. The average Bonchev–Trinajstić information content (AvgIpc) is 2.64. The van der Waals surface area contributed by atoms with Crippen LogP contribution in [0.2, 0.25) is 0 Å². The lowest BCUT2D eigenvalue weighted by molar-refractivity contribution is -0.697. The van der Waals surface area contributed by atoms with Crippen LogP contribution in [0.5, 0.6) is 0 Å². The Labute approximate surface area is 178 Å². The van der Waals surface area contributed by atoms with Crippen molar-refractivity contribution in [3.8, 4) is 0 Å².